The number of fused-ring (bicyclic) bond motifs is 1. The monoisotopic (exact) mass is 277 g/mol. The van der Waals surface area contributed by atoms with Crippen LogP contribution in [0.4, 0.5) is 0 Å². The van der Waals surface area contributed by atoms with E-state index < -0.39 is 5.97 Å². The summed E-state index contributed by atoms with van der Waals surface area (Å²) in [6.07, 6.45) is 0. The van der Waals surface area contributed by atoms with Crippen molar-refractivity contribution in [2.75, 3.05) is 13.1 Å². The molecule has 7 nitrogen and oxygen atoms in total. The van der Waals surface area contributed by atoms with Gasteiger partial charge in [0, 0.05) is 19.2 Å². The Labute approximate surface area is 114 Å². The highest BCUT2D eigenvalue weighted by molar-refractivity contribution is 5.98. The first kappa shape index (κ1) is 13.9. The van der Waals surface area contributed by atoms with Crippen molar-refractivity contribution in [3.8, 4) is 0 Å². The number of aryl methyl sites for hydroxylation is 1. The maximum absolute atomic E-state index is 12.2. The van der Waals surface area contributed by atoms with Crippen LogP contribution in [0.15, 0.2) is 23.0 Å². The van der Waals surface area contributed by atoms with E-state index in [2.05, 4.69) is 4.98 Å². The topological polar surface area (TPSA) is 95.4 Å². The van der Waals surface area contributed by atoms with Gasteiger partial charge in [-0.15, -0.1) is 0 Å². The van der Waals surface area contributed by atoms with Crippen molar-refractivity contribution >= 4 is 22.9 Å². The molecule has 106 valence electrons. The Kier molecular flexibility index (Phi) is 3.60. The fraction of sp³-hybridized carbons (Fsp3) is 0.308. The Morgan fingerprint density at radius 2 is 2.10 bits per heavy atom. The average Bonchev–Trinajstić information content (AvgIpc) is 2.70. The number of aromatic amines is 1. The molecule has 0 spiro atoms. The molecule has 2 N–H and O–H groups in total. The first-order valence-electron chi connectivity index (χ1n) is 6.14. The van der Waals surface area contributed by atoms with Crippen molar-refractivity contribution in [3.05, 3.63) is 34.2 Å². The minimum Gasteiger partial charge on any atom is -0.480 e. The first-order valence-corrected chi connectivity index (χ1v) is 6.14. The summed E-state index contributed by atoms with van der Waals surface area (Å²) < 4.78 is 1.40. The maximum atomic E-state index is 12.2. The predicted octanol–water partition coefficient (Wildman–Crippen LogP) is 0.413. The van der Waals surface area contributed by atoms with Crippen LogP contribution in [0.25, 0.3) is 11.0 Å². The fourth-order valence-corrected chi connectivity index (χ4v) is 2.03. The van der Waals surface area contributed by atoms with Gasteiger partial charge in [0.15, 0.2) is 0 Å². The molecule has 0 atom stereocenters. The first-order chi connectivity index (χ1) is 9.43. The third-order valence-corrected chi connectivity index (χ3v) is 3.15. The number of nitrogens with one attached hydrogen (secondary N) is 1. The van der Waals surface area contributed by atoms with Gasteiger partial charge in [-0.1, -0.05) is 0 Å². The van der Waals surface area contributed by atoms with Crippen molar-refractivity contribution in [2.45, 2.75) is 6.92 Å². The Bertz CT molecular complexity index is 729. The summed E-state index contributed by atoms with van der Waals surface area (Å²) in [6, 6.07) is 4.80. The van der Waals surface area contributed by atoms with E-state index in [1.807, 2.05) is 0 Å². The van der Waals surface area contributed by atoms with Crippen LogP contribution in [0.3, 0.4) is 0 Å². The van der Waals surface area contributed by atoms with Crippen LogP contribution in [-0.2, 0) is 11.8 Å². The van der Waals surface area contributed by atoms with Crippen molar-refractivity contribution in [1.29, 1.82) is 0 Å². The van der Waals surface area contributed by atoms with Crippen LogP contribution < -0.4 is 5.69 Å². The van der Waals surface area contributed by atoms with Gasteiger partial charge < -0.3 is 15.0 Å². The predicted molar refractivity (Wildman–Crippen MR) is 72.8 cm³/mol. The summed E-state index contributed by atoms with van der Waals surface area (Å²) in [5.41, 5.74) is 1.33. The number of likely N-dealkylation sites (N-methyl/N-ethyl adjacent to an activating group) is 1. The van der Waals surface area contributed by atoms with Gasteiger partial charge >= 0.3 is 11.7 Å². The molecule has 0 unspecified atom stereocenters. The molecule has 2 rings (SSSR count). The second-order valence-electron chi connectivity index (χ2n) is 4.43. The number of benzene rings is 1. The Hall–Kier alpha value is -2.57. The largest absolute Gasteiger partial charge is 0.480 e. The summed E-state index contributed by atoms with van der Waals surface area (Å²) in [5, 5.41) is 8.79. The summed E-state index contributed by atoms with van der Waals surface area (Å²) in [4.78, 5) is 38.3. The summed E-state index contributed by atoms with van der Waals surface area (Å²) in [6.45, 7) is 1.67. The maximum Gasteiger partial charge on any atom is 0.326 e. The number of hydrogen-bond acceptors (Lipinski definition) is 3. The number of nitrogens with zero attached hydrogens (tertiary/aromatic N) is 2. The molecule has 0 aliphatic rings. The molecule has 2 aromatic rings. The van der Waals surface area contributed by atoms with Crippen LogP contribution in [-0.4, -0.2) is 44.5 Å². The molecule has 0 bridgehead atoms. The van der Waals surface area contributed by atoms with Gasteiger partial charge in [-0.3, -0.25) is 14.2 Å². The summed E-state index contributed by atoms with van der Waals surface area (Å²) >= 11 is 0. The Balaban J connectivity index is 2.41. The SMILES string of the molecule is CCN(CC(=O)O)C(=O)c1ccc2[nH]c(=O)n(C)c2c1. The molecule has 0 aliphatic heterocycles. The molecule has 0 saturated heterocycles. The normalized spacial score (nSPS) is 10.7. The molecule has 7 heteroatoms. The number of imidazole rings is 1. The highest BCUT2D eigenvalue weighted by Crippen LogP contribution is 2.14. The van der Waals surface area contributed by atoms with Crippen LogP contribution in [0, 0.1) is 0 Å². The number of hydrogen-bond donors (Lipinski definition) is 2. The molecule has 0 fully saturated rings. The van der Waals surface area contributed by atoms with E-state index in [0.29, 0.717) is 23.1 Å². The zero-order valence-corrected chi connectivity index (χ0v) is 11.2. The average molecular weight is 277 g/mol. The number of carboxylic acids is 1. The molecule has 1 aromatic heterocycles. The molecule has 1 amide bonds. The smallest absolute Gasteiger partial charge is 0.326 e. The van der Waals surface area contributed by atoms with Crippen LogP contribution in [0.5, 0.6) is 0 Å². The van der Waals surface area contributed by atoms with E-state index in [1.54, 1.807) is 32.2 Å². The highest BCUT2D eigenvalue weighted by Gasteiger charge is 2.17. The number of aliphatic carboxylic acids is 1. The van der Waals surface area contributed by atoms with E-state index in [4.69, 9.17) is 5.11 Å². The lowest BCUT2D eigenvalue weighted by Gasteiger charge is -2.18. The Morgan fingerprint density at radius 1 is 1.40 bits per heavy atom. The third-order valence-electron chi connectivity index (χ3n) is 3.15. The number of H-pyrrole nitrogens is 1. The van der Waals surface area contributed by atoms with Crippen LogP contribution in [0.1, 0.15) is 17.3 Å². The van der Waals surface area contributed by atoms with Gasteiger partial charge in [0.25, 0.3) is 5.91 Å². The molecular weight excluding hydrogens is 262 g/mol. The summed E-state index contributed by atoms with van der Waals surface area (Å²) in [7, 11) is 1.60. The van der Waals surface area contributed by atoms with Crippen molar-refractivity contribution in [3.63, 3.8) is 0 Å². The third kappa shape index (κ3) is 2.42. The highest BCUT2D eigenvalue weighted by atomic mass is 16.4. The molecule has 1 heterocycles. The van der Waals surface area contributed by atoms with E-state index in [0.717, 1.165) is 0 Å². The molecule has 1 aromatic carbocycles. The van der Waals surface area contributed by atoms with Gasteiger partial charge in [0.1, 0.15) is 6.54 Å². The second kappa shape index (κ2) is 5.20. The molecule has 20 heavy (non-hydrogen) atoms. The van der Waals surface area contributed by atoms with E-state index >= 15 is 0 Å². The van der Waals surface area contributed by atoms with Gasteiger partial charge in [-0.2, -0.15) is 0 Å². The lowest BCUT2D eigenvalue weighted by Crippen LogP contribution is -2.35. The van der Waals surface area contributed by atoms with Gasteiger partial charge in [-0.05, 0) is 25.1 Å². The number of carbonyl (C=O) groups excluding carboxylic acids is 1. The number of carbonyl (C=O) groups is 2. The van der Waals surface area contributed by atoms with E-state index in [9.17, 15) is 14.4 Å². The molecule has 0 saturated carbocycles. The number of amides is 1. The van der Waals surface area contributed by atoms with Crippen molar-refractivity contribution in [1.82, 2.24) is 14.5 Å². The number of carboxylic acid groups (broad SMARTS) is 1. The second-order valence-corrected chi connectivity index (χ2v) is 4.43. The van der Waals surface area contributed by atoms with Crippen LogP contribution in [0.2, 0.25) is 0 Å². The van der Waals surface area contributed by atoms with Gasteiger partial charge in [-0.25, -0.2) is 4.79 Å². The molecular formula is C13H15N3O4. The lowest BCUT2D eigenvalue weighted by molar-refractivity contribution is -0.137. The van der Waals surface area contributed by atoms with Gasteiger partial charge in [0.05, 0.1) is 11.0 Å². The minimum atomic E-state index is -1.06. The van der Waals surface area contributed by atoms with Crippen LogP contribution >= 0.6 is 0 Å². The number of rotatable bonds is 4. The molecule has 0 radical (unpaired) electrons. The lowest BCUT2D eigenvalue weighted by atomic mass is 10.1. The quantitative estimate of drug-likeness (QED) is 0.846. The standard InChI is InChI=1S/C13H15N3O4/c1-3-16(7-11(17)18)12(19)8-4-5-9-10(6-8)15(2)13(20)14-9/h4-6H,3,7H2,1-2H3,(H,14,20)(H,17,18). The zero-order chi connectivity index (χ0) is 14.9. The van der Waals surface area contributed by atoms with Gasteiger partial charge in [0.2, 0.25) is 0 Å². The van der Waals surface area contributed by atoms with E-state index in [1.165, 1.54) is 9.47 Å². The van der Waals surface area contributed by atoms with Crippen molar-refractivity contribution < 1.29 is 14.7 Å². The van der Waals surface area contributed by atoms with Crippen molar-refractivity contribution in [2.24, 2.45) is 7.05 Å². The van der Waals surface area contributed by atoms with E-state index in [-0.39, 0.29) is 18.1 Å². The fourth-order valence-electron chi connectivity index (χ4n) is 2.03. The zero-order valence-electron chi connectivity index (χ0n) is 11.2. The minimum absolute atomic E-state index is 0.262. The number of aromatic nitrogens is 2. The summed E-state index contributed by atoms with van der Waals surface area (Å²) in [5.74, 6) is -1.43. The Morgan fingerprint density at radius 3 is 2.70 bits per heavy atom. The molecule has 0 aliphatic carbocycles.